The molecule has 2 unspecified atom stereocenters. The number of hydrogen-bond donors (Lipinski definition) is 2. The SMILES string of the molecule is CC1CCNNC1[C-]=O.[Y]. The van der Waals surface area contributed by atoms with Crippen molar-refractivity contribution >= 4 is 6.29 Å². The number of hydrazine groups is 1. The number of nitrogens with one attached hydrogen (secondary N) is 2. The van der Waals surface area contributed by atoms with Crippen molar-refractivity contribution < 1.29 is 37.5 Å². The standard InChI is InChI=1S/C6H11N2O.Y/c1-5-2-3-7-8-6(5)4-9;/h5-8H,2-3H2,1H3;/q-1;. The molecule has 0 amide bonds. The predicted octanol–water partition coefficient (Wildman–Crippen LogP) is -0.404. The second kappa shape index (κ2) is 5.36. The molecule has 1 fully saturated rings. The zero-order valence-electron chi connectivity index (χ0n) is 6.05. The van der Waals surface area contributed by atoms with E-state index in [-0.39, 0.29) is 38.8 Å². The van der Waals surface area contributed by atoms with E-state index in [1.54, 1.807) is 0 Å². The van der Waals surface area contributed by atoms with Crippen LogP contribution in [0.3, 0.4) is 0 Å². The second-order valence-electron chi connectivity index (χ2n) is 2.43. The third kappa shape index (κ3) is 2.74. The Morgan fingerprint density at radius 3 is 2.70 bits per heavy atom. The molecule has 1 aliphatic heterocycles. The van der Waals surface area contributed by atoms with Crippen LogP contribution in [-0.2, 0) is 37.5 Å². The Hall–Kier alpha value is 0.694. The molecule has 1 aliphatic rings. The first-order chi connectivity index (χ1) is 4.34. The number of carbonyl (C=O) groups excluding carboxylic acids is 1. The Balaban J connectivity index is 0.000000810. The molecule has 0 aliphatic carbocycles. The Morgan fingerprint density at radius 2 is 2.30 bits per heavy atom. The van der Waals surface area contributed by atoms with Gasteiger partial charge in [0.25, 0.3) is 0 Å². The molecule has 10 heavy (non-hydrogen) atoms. The van der Waals surface area contributed by atoms with Gasteiger partial charge in [0.1, 0.15) is 0 Å². The van der Waals surface area contributed by atoms with Gasteiger partial charge in [-0.2, -0.15) is 0 Å². The maximum atomic E-state index is 10.1. The molecule has 0 aromatic heterocycles. The summed E-state index contributed by atoms with van der Waals surface area (Å²) in [5, 5.41) is 0. The molecule has 2 atom stereocenters. The second-order valence-corrected chi connectivity index (χ2v) is 2.43. The van der Waals surface area contributed by atoms with Gasteiger partial charge >= 0.3 is 0 Å². The van der Waals surface area contributed by atoms with Crippen LogP contribution < -0.4 is 10.9 Å². The third-order valence-corrected chi connectivity index (χ3v) is 1.68. The van der Waals surface area contributed by atoms with Gasteiger partial charge in [0, 0.05) is 39.3 Å². The summed E-state index contributed by atoms with van der Waals surface area (Å²) in [5.41, 5.74) is 5.75. The molecule has 3 nitrogen and oxygen atoms in total. The van der Waals surface area contributed by atoms with Crippen molar-refractivity contribution in [1.82, 2.24) is 10.9 Å². The fourth-order valence-electron chi connectivity index (χ4n) is 0.937. The molecule has 0 saturated carbocycles. The first kappa shape index (κ1) is 10.7. The van der Waals surface area contributed by atoms with Crippen LogP contribution in [0.15, 0.2) is 0 Å². The number of hydrogen-bond acceptors (Lipinski definition) is 3. The van der Waals surface area contributed by atoms with Crippen LogP contribution in [-0.4, -0.2) is 18.9 Å². The fraction of sp³-hybridized carbons (Fsp3) is 0.833. The Kier molecular flexibility index (Phi) is 5.73. The van der Waals surface area contributed by atoms with Crippen molar-refractivity contribution in [1.29, 1.82) is 0 Å². The van der Waals surface area contributed by atoms with Crippen LogP contribution in [0.5, 0.6) is 0 Å². The van der Waals surface area contributed by atoms with Crippen LogP contribution in [0.2, 0.25) is 0 Å². The molecule has 1 heterocycles. The maximum absolute atomic E-state index is 10.1. The molecule has 4 heteroatoms. The van der Waals surface area contributed by atoms with E-state index in [1.165, 1.54) is 0 Å². The molecular weight excluding hydrogens is 205 g/mol. The molecular formula is C6H11N2OY-. The Labute approximate surface area is 86.2 Å². The van der Waals surface area contributed by atoms with Gasteiger partial charge < -0.3 is 4.79 Å². The minimum Gasteiger partial charge on any atom is -0.540 e. The molecule has 1 saturated heterocycles. The average Bonchev–Trinajstić information content (AvgIpc) is 1.89. The van der Waals surface area contributed by atoms with E-state index >= 15 is 0 Å². The van der Waals surface area contributed by atoms with Crippen molar-refractivity contribution in [2.24, 2.45) is 5.92 Å². The number of rotatable bonds is 1. The summed E-state index contributed by atoms with van der Waals surface area (Å²) in [6, 6.07) is -0.112. The summed E-state index contributed by atoms with van der Waals surface area (Å²) in [6.45, 7) is 2.99. The van der Waals surface area contributed by atoms with Crippen molar-refractivity contribution in [2.75, 3.05) is 6.54 Å². The van der Waals surface area contributed by atoms with Gasteiger partial charge in [0.05, 0.1) is 0 Å². The van der Waals surface area contributed by atoms with Crippen LogP contribution in [0.1, 0.15) is 13.3 Å². The van der Waals surface area contributed by atoms with E-state index in [2.05, 4.69) is 10.9 Å². The molecule has 2 N–H and O–H groups in total. The summed E-state index contributed by atoms with van der Waals surface area (Å²) in [7, 11) is 0. The quantitative estimate of drug-likeness (QED) is 0.586. The fourth-order valence-corrected chi connectivity index (χ4v) is 0.937. The van der Waals surface area contributed by atoms with Crippen LogP contribution in [0.4, 0.5) is 0 Å². The molecule has 0 aromatic rings. The van der Waals surface area contributed by atoms with Gasteiger partial charge in [-0.15, -0.1) is 0 Å². The van der Waals surface area contributed by atoms with E-state index in [9.17, 15) is 4.79 Å². The Bertz CT molecular complexity index is 110. The van der Waals surface area contributed by atoms with Crippen molar-refractivity contribution in [2.45, 2.75) is 19.4 Å². The zero-order valence-corrected chi connectivity index (χ0v) is 8.89. The van der Waals surface area contributed by atoms with Crippen molar-refractivity contribution in [3.63, 3.8) is 0 Å². The minimum absolute atomic E-state index is 0. The van der Waals surface area contributed by atoms with Gasteiger partial charge in [-0.05, 0) is 6.42 Å². The van der Waals surface area contributed by atoms with Crippen LogP contribution in [0.25, 0.3) is 0 Å². The third-order valence-electron chi connectivity index (χ3n) is 1.68. The van der Waals surface area contributed by atoms with Gasteiger partial charge in [-0.25, -0.2) is 6.29 Å². The predicted molar refractivity (Wildman–Crippen MR) is 34.4 cm³/mol. The van der Waals surface area contributed by atoms with Gasteiger partial charge in [0.15, 0.2) is 0 Å². The molecule has 0 bridgehead atoms. The van der Waals surface area contributed by atoms with E-state index in [4.69, 9.17) is 0 Å². The van der Waals surface area contributed by atoms with E-state index in [1.807, 2.05) is 13.2 Å². The Morgan fingerprint density at radius 1 is 1.60 bits per heavy atom. The summed E-state index contributed by atoms with van der Waals surface area (Å²) < 4.78 is 0. The largest absolute Gasteiger partial charge is 0.540 e. The smallest absolute Gasteiger partial charge is 0.0101 e. The summed E-state index contributed by atoms with van der Waals surface area (Å²) in [4.78, 5) is 10.1. The average molecular weight is 216 g/mol. The minimum atomic E-state index is -0.112. The maximum Gasteiger partial charge on any atom is 0.0101 e. The zero-order chi connectivity index (χ0) is 6.69. The van der Waals surface area contributed by atoms with Gasteiger partial charge in [-0.1, -0.05) is 18.9 Å². The van der Waals surface area contributed by atoms with Crippen LogP contribution in [0, 0.1) is 5.92 Å². The molecule has 0 spiro atoms. The first-order valence-corrected chi connectivity index (χ1v) is 3.20. The molecule has 55 valence electrons. The molecule has 1 radical (unpaired) electrons. The summed E-state index contributed by atoms with van der Waals surface area (Å²) in [6.07, 6.45) is 2.98. The van der Waals surface area contributed by atoms with Gasteiger partial charge in [-0.3, -0.25) is 10.9 Å². The van der Waals surface area contributed by atoms with Crippen LogP contribution >= 0.6 is 0 Å². The van der Waals surface area contributed by atoms with E-state index in [0.29, 0.717) is 5.92 Å². The molecule has 0 aromatic carbocycles. The van der Waals surface area contributed by atoms with E-state index < -0.39 is 0 Å². The summed E-state index contributed by atoms with van der Waals surface area (Å²) in [5.74, 6) is 0.420. The van der Waals surface area contributed by atoms with E-state index in [0.717, 1.165) is 13.0 Å². The molecule has 1 rings (SSSR count). The normalized spacial score (nSPS) is 32.5. The topological polar surface area (TPSA) is 41.1 Å². The first-order valence-electron chi connectivity index (χ1n) is 3.20. The van der Waals surface area contributed by atoms with Crippen molar-refractivity contribution in [3.05, 3.63) is 0 Å². The van der Waals surface area contributed by atoms with Gasteiger partial charge in [0.2, 0.25) is 0 Å². The van der Waals surface area contributed by atoms with Crippen molar-refractivity contribution in [3.8, 4) is 0 Å². The monoisotopic (exact) mass is 216 g/mol. The summed E-state index contributed by atoms with van der Waals surface area (Å²) >= 11 is 0.